The molecular weight excluding hydrogens is 218 g/mol. The molecule has 3 nitrogen and oxygen atoms in total. The molecule has 0 aliphatic carbocycles. The third-order valence-electron chi connectivity index (χ3n) is 2.59. The quantitative estimate of drug-likeness (QED) is 0.836. The fourth-order valence-electron chi connectivity index (χ4n) is 1.58. The molecule has 0 saturated carbocycles. The molecule has 4 heteroatoms. The summed E-state index contributed by atoms with van der Waals surface area (Å²) in [6, 6.07) is 4.41. The van der Waals surface area contributed by atoms with E-state index in [1.807, 2.05) is 18.3 Å². The van der Waals surface area contributed by atoms with Crippen LogP contribution in [-0.2, 0) is 19.5 Å². The third kappa shape index (κ3) is 2.71. The summed E-state index contributed by atoms with van der Waals surface area (Å²) in [7, 11) is 0. The third-order valence-corrected chi connectivity index (χ3v) is 3.82. The van der Waals surface area contributed by atoms with Gasteiger partial charge in [0.1, 0.15) is 0 Å². The summed E-state index contributed by atoms with van der Waals surface area (Å²) >= 11 is 1.88. The molecule has 0 amide bonds. The van der Waals surface area contributed by atoms with E-state index in [0.717, 1.165) is 30.9 Å². The van der Waals surface area contributed by atoms with Crippen molar-refractivity contribution in [2.45, 2.75) is 33.4 Å². The van der Waals surface area contributed by atoms with Gasteiger partial charge in [-0.1, -0.05) is 6.92 Å². The summed E-state index contributed by atoms with van der Waals surface area (Å²) in [4.78, 5) is 10.2. The number of nitrogens with one attached hydrogen (secondary N) is 2. The first kappa shape index (κ1) is 11.4. The first-order valence-electron chi connectivity index (χ1n) is 5.56. The Morgan fingerprint density at radius 2 is 2.12 bits per heavy atom. The molecule has 0 radical (unpaired) electrons. The monoisotopic (exact) mass is 235 g/mol. The molecule has 2 heterocycles. The molecule has 2 rings (SSSR count). The molecular formula is C12H17N3S. The Balaban J connectivity index is 1.82. The zero-order valence-corrected chi connectivity index (χ0v) is 10.5. The maximum atomic E-state index is 4.25. The second-order valence-electron chi connectivity index (χ2n) is 3.80. The van der Waals surface area contributed by atoms with Crippen molar-refractivity contribution in [3.63, 3.8) is 0 Å². The van der Waals surface area contributed by atoms with E-state index in [2.05, 4.69) is 34.3 Å². The highest BCUT2D eigenvalue weighted by atomic mass is 32.1. The first-order chi connectivity index (χ1) is 7.79. The van der Waals surface area contributed by atoms with Crippen LogP contribution in [0.4, 0.5) is 0 Å². The number of H-pyrrole nitrogens is 1. The number of hydrogen-bond donors (Lipinski definition) is 2. The van der Waals surface area contributed by atoms with Crippen LogP contribution in [0.25, 0.3) is 0 Å². The van der Waals surface area contributed by atoms with Crippen LogP contribution in [0.5, 0.6) is 0 Å². The molecule has 0 saturated heterocycles. The Bertz CT molecular complexity index is 445. The van der Waals surface area contributed by atoms with Crippen LogP contribution in [0.1, 0.15) is 28.1 Å². The summed E-state index contributed by atoms with van der Waals surface area (Å²) in [5.41, 5.74) is 2.25. The summed E-state index contributed by atoms with van der Waals surface area (Å²) in [5, 5.41) is 3.41. The number of thiophene rings is 1. The minimum Gasteiger partial charge on any atom is -0.348 e. The van der Waals surface area contributed by atoms with E-state index in [1.54, 1.807) is 6.33 Å². The van der Waals surface area contributed by atoms with Gasteiger partial charge in [0.25, 0.3) is 0 Å². The maximum Gasteiger partial charge on any atom is 0.0925 e. The van der Waals surface area contributed by atoms with Gasteiger partial charge in [0.05, 0.1) is 12.0 Å². The average Bonchev–Trinajstić information content (AvgIpc) is 2.89. The molecule has 2 N–H and O–H groups in total. The highest BCUT2D eigenvalue weighted by Gasteiger charge is 2.01. The van der Waals surface area contributed by atoms with Gasteiger partial charge in [-0.05, 0) is 25.5 Å². The summed E-state index contributed by atoms with van der Waals surface area (Å²) in [6.07, 6.45) is 2.87. The topological polar surface area (TPSA) is 40.7 Å². The van der Waals surface area contributed by atoms with Gasteiger partial charge >= 0.3 is 0 Å². The summed E-state index contributed by atoms with van der Waals surface area (Å²) in [5.74, 6) is 0. The van der Waals surface area contributed by atoms with E-state index in [9.17, 15) is 0 Å². The molecule has 0 spiro atoms. The smallest absolute Gasteiger partial charge is 0.0925 e. The van der Waals surface area contributed by atoms with Crippen LogP contribution in [-0.4, -0.2) is 9.97 Å². The minimum absolute atomic E-state index is 0.828. The fraction of sp³-hybridized carbons (Fsp3) is 0.417. The van der Waals surface area contributed by atoms with Gasteiger partial charge in [-0.25, -0.2) is 4.98 Å². The van der Waals surface area contributed by atoms with Crippen molar-refractivity contribution in [1.29, 1.82) is 0 Å². The normalized spacial score (nSPS) is 10.9. The Morgan fingerprint density at radius 1 is 1.31 bits per heavy atom. The number of aromatic amines is 1. The van der Waals surface area contributed by atoms with E-state index < -0.39 is 0 Å². The van der Waals surface area contributed by atoms with Crippen molar-refractivity contribution < 1.29 is 0 Å². The molecule has 86 valence electrons. The second kappa shape index (κ2) is 5.27. The lowest BCUT2D eigenvalue weighted by Gasteiger charge is -2.01. The second-order valence-corrected chi connectivity index (χ2v) is 5.05. The van der Waals surface area contributed by atoms with Gasteiger partial charge < -0.3 is 10.3 Å². The van der Waals surface area contributed by atoms with E-state index in [1.165, 1.54) is 9.75 Å². The highest BCUT2D eigenvalue weighted by molar-refractivity contribution is 7.11. The Kier molecular flexibility index (Phi) is 3.74. The number of aromatic nitrogens is 2. The largest absolute Gasteiger partial charge is 0.348 e. The Hall–Kier alpha value is -1.13. The molecule has 2 aromatic heterocycles. The zero-order chi connectivity index (χ0) is 11.4. The number of imidazole rings is 1. The van der Waals surface area contributed by atoms with Gasteiger partial charge in [0.2, 0.25) is 0 Å². The molecule has 0 aromatic carbocycles. The lowest BCUT2D eigenvalue weighted by atomic mass is 10.3. The van der Waals surface area contributed by atoms with Gasteiger partial charge in [0.15, 0.2) is 0 Å². The number of rotatable bonds is 5. The molecule has 2 aromatic rings. The SMILES string of the molecule is CCc1ccc(CNCc2nc[nH]c2C)s1. The van der Waals surface area contributed by atoms with Crippen LogP contribution < -0.4 is 5.32 Å². The van der Waals surface area contributed by atoms with Crippen molar-refractivity contribution in [1.82, 2.24) is 15.3 Å². The van der Waals surface area contributed by atoms with Crippen molar-refractivity contribution in [2.24, 2.45) is 0 Å². The first-order valence-corrected chi connectivity index (χ1v) is 6.38. The van der Waals surface area contributed by atoms with Crippen molar-refractivity contribution >= 4 is 11.3 Å². The molecule has 0 fully saturated rings. The molecule has 0 aliphatic heterocycles. The molecule has 0 atom stereocenters. The minimum atomic E-state index is 0.828. The van der Waals surface area contributed by atoms with Crippen LogP contribution in [0.15, 0.2) is 18.5 Å². The zero-order valence-electron chi connectivity index (χ0n) is 9.71. The van der Waals surface area contributed by atoms with E-state index in [-0.39, 0.29) is 0 Å². The van der Waals surface area contributed by atoms with E-state index in [0.29, 0.717) is 0 Å². The van der Waals surface area contributed by atoms with Gasteiger partial charge in [-0.3, -0.25) is 0 Å². The van der Waals surface area contributed by atoms with Crippen LogP contribution in [0, 0.1) is 6.92 Å². The Labute approximate surface area is 99.9 Å². The van der Waals surface area contributed by atoms with Gasteiger partial charge in [-0.15, -0.1) is 11.3 Å². The Morgan fingerprint density at radius 3 is 2.75 bits per heavy atom. The van der Waals surface area contributed by atoms with Crippen LogP contribution >= 0.6 is 11.3 Å². The lowest BCUT2D eigenvalue weighted by Crippen LogP contribution is -2.12. The van der Waals surface area contributed by atoms with Crippen LogP contribution in [0.2, 0.25) is 0 Å². The molecule has 0 unspecified atom stereocenters. The van der Waals surface area contributed by atoms with Crippen molar-refractivity contribution in [3.05, 3.63) is 39.6 Å². The fourth-order valence-corrected chi connectivity index (χ4v) is 2.50. The number of aryl methyl sites for hydroxylation is 2. The summed E-state index contributed by atoms with van der Waals surface area (Å²) in [6.45, 7) is 5.99. The van der Waals surface area contributed by atoms with Gasteiger partial charge in [0, 0.05) is 28.5 Å². The summed E-state index contributed by atoms with van der Waals surface area (Å²) < 4.78 is 0. The van der Waals surface area contributed by atoms with Crippen molar-refractivity contribution in [2.75, 3.05) is 0 Å². The molecule has 0 aliphatic rings. The molecule has 16 heavy (non-hydrogen) atoms. The molecule has 0 bridgehead atoms. The standard InChI is InChI=1S/C12H17N3S/c1-3-10-4-5-11(16-10)6-13-7-12-9(2)14-8-15-12/h4-5,8,13H,3,6-7H2,1-2H3,(H,14,15). The van der Waals surface area contributed by atoms with E-state index in [4.69, 9.17) is 0 Å². The lowest BCUT2D eigenvalue weighted by molar-refractivity contribution is 0.686. The number of hydrogen-bond acceptors (Lipinski definition) is 3. The predicted octanol–water partition coefficient (Wildman–Crippen LogP) is 2.63. The average molecular weight is 235 g/mol. The highest BCUT2D eigenvalue weighted by Crippen LogP contribution is 2.16. The van der Waals surface area contributed by atoms with Crippen LogP contribution in [0.3, 0.4) is 0 Å². The van der Waals surface area contributed by atoms with Gasteiger partial charge in [-0.2, -0.15) is 0 Å². The van der Waals surface area contributed by atoms with E-state index >= 15 is 0 Å². The number of nitrogens with zero attached hydrogens (tertiary/aromatic N) is 1. The predicted molar refractivity (Wildman–Crippen MR) is 67.6 cm³/mol. The maximum absolute atomic E-state index is 4.25. The van der Waals surface area contributed by atoms with Crippen molar-refractivity contribution in [3.8, 4) is 0 Å².